The Kier molecular flexibility index (Phi) is 6.68. The Balaban J connectivity index is 2.45. The summed E-state index contributed by atoms with van der Waals surface area (Å²) in [7, 11) is 0. The van der Waals surface area contributed by atoms with Crippen LogP contribution in [0.3, 0.4) is 0 Å². The van der Waals surface area contributed by atoms with Crippen LogP contribution in [0.15, 0.2) is 0 Å². The van der Waals surface area contributed by atoms with Crippen molar-refractivity contribution in [2.24, 2.45) is 11.3 Å². The zero-order chi connectivity index (χ0) is 13.6. The molecule has 2 nitrogen and oxygen atoms in total. The molecule has 0 aromatic heterocycles. The van der Waals surface area contributed by atoms with E-state index >= 15 is 0 Å². The molecule has 0 saturated heterocycles. The van der Waals surface area contributed by atoms with Gasteiger partial charge in [0.25, 0.3) is 0 Å². The minimum atomic E-state index is -0.0549. The third-order valence-corrected chi connectivity index (χ3v) is 5.81. The van der Waals surface area contributed by atoms with Crippen molar-refractivity contribution in [1.29, 1.82) is 0 Å². The summed E-state index contributed by atoms with van der Waals surface area (Å²) in [6, 6.07) is 0. The molecule has 1 N–H and O–H groups in total. The van der Waals surface area contributed by atoms with E-state index < -0.39 is 0 Å². The van der Waals surface area contributed by atoms with Crippen LogP contribution < -0.4 is 5.32 Å². The van der Waals surface area contributed by atoms with Crippen LogP contribution in [0.1, 0.15) is 65.7 Å². The van der Waals surface area contributed by atoms with Gasteiger partial charge in [-0.15, -0.1) is 0 Å². The normalized spacial score (nSPS) is 20.1. The highest BCUT2D eigenvalue weighted by Gasteiger charge is 2.39. The Labute approximate surface area is 120 Å². The zero-order valence-electron chi connectivity index (χ0n) is 12.1. The van der Waals surface area contributed by atoms with Crippen LogP contribution in [0.25, 0.3) is 0 Å². The maximum atomic E-state index is 12.4. The summed E-state index contributed by atoms with van der Waals surface area (Å²) in [6.45, 7) is 7.36. The molecule has 1 saturated carbocycles. The van der Waals surface area contributed by atoms with Crippen LogP contribution >= 0.6 is 15.9 Å². The fourth-order valence-electron chi connectivity index (χ4n) is 3.14. The standard InChI is InChI=1S/C15H28BrNO/c1-4-12(5-2)13(16)11-17-14(18)15(6-3)9-7-8-10-15/h12-13H,4-11H2,1-3H3,(H,17,18). The van der Waals surface area contributed by atoms with Crippen molar-refractivity contribution in [1.82, 2.24) is 5.32 Å². The zero-order valence-corrected chi connectivity index (χ0v) is 13.7. The summed E-state index contributed by atoms with van der Waals surface area (Å²) >= 11 is 3.73. The molecule has 1 aliphatic rings. The SMILES string of the molecule is CCC(CC)C(Br)CNC(=O)C1(CC)CCCC1. The van der Waals surface area contributed by atoms with Crippen LogP contribution in [-0.4, -0.2) is 17.3 Å². The first-order valence-corrected chi connectivity index (χ1v) is 8.43. The monoisotopic (exact) mass is 317 g/mol. The molecule has 1 unspecified atom stereocenters. The molecule has 1 aliphatic carbocycles. The first kappa shape index (κ1) is 16.0. The average Bonchev–Trinajstić information content (AvgIpc) is 2.87. The van der Waals surface area contributed by atoms with Gasteiger partial charge in [-0.2, -0.15) is 0 Å². The Bertz CT molecular complexity index is 257. The molecule has 1 amide bonds. The van der Waals surface area contributed by atoms with E-state index in [1.807, 2.05) is 0 Å². The Morgan fingerprint density at radius 1 is 1.22 bits per heavy atom. The van der Waals surface area contributed by atoms with Crippen molar-refractivity contribution in [2.75, 3.05) is 6.54 Å². The molecule has 1 atom stereocenters. The average molecular weight is 318 g/mol. The molecule has 3 heteroatoms. The highest BCUT2D eigenvalue weighted by Crippen LogP contribution is 2.41. The van der Waals surface area contributed by atoms with Gasteiger partial charge in [-0.3, -0.25) is 4.79 Å². The number of hydrogen-bond donors (Lipinski definition) is 1. The van der Waals surface area contributed by atoms with Gasteiger partial charge >= 0.3 is 0 Å². The summed E-state index contributed by atoms with van der Waals surface area (Å²) in [5.74, 6) is 0.948. The maximum Gasteiger partial charge on any atom is 0.226 e. The molecule has 1 rings (SSSR count). The van der Waals surface area contributed by atoms with Crippen LogP contribution in [0.4, 0.5) is 0 Å². The second kappa shape index (κ2) is 7.52. The number of alkyl halides is 1. The minimum Gasteiger partial charge on any atom is -0.354 e. The number of hydrogen-bond acceptors (Lipinski definition) is 1. The molecule has 0 bridgehead atoms. The van der Waals surface area contributed by atoms with Gasteiger partial charge in [0.1, 0.15) is 0 Å². The molecule has 0 radical (unpaired) electrons. The highest BCUT2D eigenvalue weighted by molar-refractivity contribution is 9.09. The van der Waals surface area contributed by atoms with Gasteiger partial charge in [-0.1, -0.05) is 62.4 Å². The molecule has 0 aromatic rings. The number of carbonyl (C=O) groups excluding carboxylic acids is 1. The highest BCUT2D eigenvalue weighted by atomic mass is 79.9. The third kappa shape index (κ3) is 3.72. The number of carbonyl (C=O) groups is 1. The van der Waals surface area contributed by atoms with Gasteiger partial charge in [0.05, 0.1) is 0 Å². The maximum absolute atomic E-state index is 12.4. The second-order valence-corrected chi connectivity index (χ2v) is 6.82. The van der Waals surface area contributed by atoms with Gasteiger partial charge in [0.15, 0.2) is 0 Å². The van der Waals surface area contributed by atoms with Crippen LogP contribution in [0, 0.1) is 11.3 Å². The van der Waals surface area contributed by atoms with Crippen LogP contribution in [0.2, 0.25) is 0 Å². The van der Waals surface area contributed by atoms with Crippen LogP contribution in [-0.2, 0) is 4.79 Å². The third-order valence-electron chi connectivity index (χ3n) is 4.74. The molecule has 0 spiro atoms. The Morgan fingerprint density at radius 2 is 1.78 bits per heavy atom. The largest absolute Gasteiger partial charge is 0.354 e. The van der Waals surface area contributed by atoms with Gasteiger partial charge in [-0.25, -0.2) is 0 Å². The molecule has 0 heterocycles. The van der Waals surface area contributed by atoms with Crippen molar-refractivity contribution in [3.63, 3.8) is 0 Å². The molecule has 106 valence electrons. The second-order valence-electron chi connectivity index (χ2n) is 5.64. The summed E-state index contributed by atoms with van der Waals surface area (Å²) in [4.78, 5) is 12.8. The first-order chi connectivity index (χ1) is 8.59. The van der Waals surface area contributed by atoms with E-state index in [-0.39, 0.29) is 11.3 Å². The number of rotatable bonds is 7. The predicted octanol–water partition coefficient (Wildman–Crippen LogP) is 4.27. The van der Waals surface area contributed by atoms with E-state index in [4.69, 9.17) is 0 Å². The lowest BCUT2D eigenvalue weighted by molar-refractivity contribution is -0.131. The summed E-state index contributed by atoms with van der Waals surface area (Å²) in [6.07, 6.45) is 7.90. The van der Waals surface area contributed by atoms with E-state index in [1.165, 1.54) is 25.7 Å². The topological polar surface area (TPSA) is 29.1 Å². The van der Waals surface area contributed by atoms with E-state index in [2.05, 4.69) is 42.0 Å². The van der Waals surface area contributed by atoms with Gasteiger partial charge in [-0.05, 0) is 25.2 Å². The lowest BCUT2D eigenvalue weighted by atomic mass is 9.82. The molecule has 0 aromatic carbocycles. The van der Waals surface area contributed by atoms with Crippen molar-refractivity contribution < 1.29 is 4.79 Å². The summed E-state index contributed by atoms with van der Waals surface area (Å²) in [5, 5.41) is 3.18. The van der Waals surface area contributed by atoms with E-state index in [0.29, 0.717) is 10.7 Å². The van der Waals surface area contributed by atoms with Crippen molar-refractivity contribution in [3.8, 4) is 0 Å². The van der Waals surface area contributed by atoms with Crippen LogP contribution in [0.5, 0.6) is 0 Å². The molecule has 0 aliphatic heterocycles. The van der Waals surface area contributed by atoms with E-state index in [1.54, 1.807) is 0 Å². The quantitative estimate of drug-likeness (QED) is 0.698. The Hall–Kier alpha value is -0.0500. The smallest absolute Gasteiger partial charge is 0.226 e. The molecule has 18 heavy (non-hydrogen) atoms. The van der Waals surface area contributed by atoms with Crippen molar-refractivity contribution >= 4 is 21.8 Å². The number of halogens is 1. The van der Waals surface area contributed by atoms with Gasteiger partial charge in [0, 0.05) is 16.8 Å². The van der Waals surface area contributed by atoms with Crippen molar-refractivity contribution in [3.05, 3.63) is 0 Å². The summed E-state index contributed by atoms with van der Waals surface area (Å²) < 4.78 is 0. The molecule has 1 fully saturated rings. The van der Waals surface area contributed by atoms with Crippen molar-refractivity contribution in [2.45, 2.75) is 70.5 Å². The fourth-order valence-corrected chi connectivity index (χ4v) is 4.05. The van der Waals surface area contributed by atoms with E-state index in [9.17, 15) is 4.79 Å². The number of nitrogens with one attached hydrogen (secondary N) is 1. The molecular formula is C15H28BrNO. The Morgan fingerprint density at radius 3 is 2.22 bits per heavy atom. The molecular weight excluding hydrogens is 290 g/mol. The minimum absolute atomic E-state index is 0.0549. The predicted molar refractivity (Wildman–Crippen MR) is 81.0 cm³/mol. The lowest BCUT2D eigenvalue weighted by Crippen LogP contribution is -2.42. The lowest BCUT2D eigenvalue weighted by Gasteiger charge is -2.28. The van der Waals surface area contributed by atoms with Gasteiger partial charge in [0.2, 0.25) is 5.91 Å². The van der Waals surface area contributed by atoms with Gasteiger partial charge < -0.3 is 5.32 Å². The fraction of sp³-hybridized carbons (Fsp3) is 0.933. The number of amides is 1. The van der Waals surface area contributed by atoms with E-state index in [0.717, 1.165) is 25.8 Å². The summed E-state index contributed by atoms with van der Waals surface area (Å²) in [5.41, 5.74) is -0.0549. The first-order valence-electron chi connectivity index (χ1n) is 7.52.